The van der Waals surface area contributed by atoms with Gasteiger partial charge in [-0.05, 0) is 12.5 Å². The molecule has 0 unspecified atom stereocenters. The van der Waals surface area contributed by atoms with Gasteiger partial charge >= 0.3 is 13.3 Å². The van der Waals surface area contributed by atoms with Gasteiger partial charge in [0.1, 0.15) is 0 Å². The molecule has 0 aliphatic rings. The number of aromatic nitrogens is 2. The van der Waals surface area contributed by atoms with Gasteiger partial charge in [0.2, 0.25) is 0 Å². The zero-order valence-corrected chi connectivity index (χ0v) is 10.1. The van der Waals surface area contributed by atoms with Crippen molar-refractivity contribution in [1.82, 2.24) is 9.55 Å². The molecule has 0 amide bonds. The van der Waals surface area contributed by atoms with Gasteiger partial charge in [-0.3, -0.25) is 14.0 Å². The van der Waals surface area contributed by atoms with E-state index in [1.807, 2.05) is 6.92 Å². The van der Waals surface area contributed by atoms with Gasteiger partial charge in [-0.15, -0.1) is 0 Å². The lowest BCUT2D eigenvalue weighted by Gasteiger charge is -2.08. The summed E-state index contributed by atoms with van der Waals surface area (Å²) in [6, 6.07) is 1.48. The van der Waals surface area contributed by atoms with Gasteiger partial charge in [0, 0.05) is 12.7 Å². The summed E-state index contributed by atoms with van der Waals surface area (Å²) in [5, 5.41) is 0. The van der Waals surface area contributed by atoms with E-state index in [9.17, 15) is 9.36 Å². The van der Waals surface area contributed by atoms with Gasteiger partial charge in [-0.2, -0.15) is 4.98 Å². The maximum atomic E-state index is 11.4. The lowest BCUT2D eigenvalue weighted by Crippen LogP contribution is -2.23. The second-order valence-electron chi connectivity index (χ2n) is 3.33. The molecule has 0 aromatic carbocycles. The molecule has 1 rings (SSSR count). The monoisotopic (exact) mass is 263 g/mol. The number of nitrogens with zero attached hydrogens (tertiary/aromatic N) is 2. The molecule has 1 heterocycles. The summed E-state index contributed by atoms with van der Waals surface area (Å²) in [6.07, 6.45) is 1.55. The van der Waals surface area contributed by atoms with Crippen LogP contribution in [0.2, 0.25) is 0 Å². The fourth-order valence-corrected chi connectivity index (χ4v) is 1.32. The molecule has 3 N–H and O–H groups in total. The summed E-state index contributed by atoms with van der Waals surface area (Å²) in [5.41, 5.74) is 1.75. The van der Waals surface area contributed by atoms with Gasteiger partial charge in [0.05, 0.1) is 0 Å². The van der Waals surface area contributed by atoms with Crippen molar-refractivity contribution in [2.45, 2.75) is 19.9 Å². The highest BCUT2D eigenvalue weighted by atomic mass is 31.2. The van der Waals surface area contributed by atoms with E-state index in [0.29, 0.717) is 6.54 Å². The summed E-state index contributed by atoms with van der Waals surface area (Å²) in [5.74, 6) is 0.107. The van der Waals surface area contributed by atoms with Crippen molar-refractivity contribution in [3.05, 3.63) is 22.7 Å². The normalized spacial score (nSPS) is 11.5. The number of nitrogens with one attached hydrogen (secondary N) is 1. The predicted molar refractivity (Wildman–Crippen MR) is 60.4 cm³/mol. The minimum absolute atomic E-state index is 0.107. The summed E-state index contributed by atoms with van der Waals surface area (Å²) in [4.78, 5) is 36.6. The molecule has 0 aliphatic carbocycles. The number of rotatable bonds is 6. The van der Waals surface area contributed by atoms with Crippen molar-refractivity contribution < 1.29 is 19.2 Å². The highest BCUT2D eigenvalue weighted by molar-refractivity contribution is 7.51. The van der Waals surface area contributed by atoms with Gasteiger partial charge in [-0.25, -0.2) is 10.3 Å². The molecule has 0 saturated carbocycles. The Morgan fingerprint density at radius 2 is 2.29 bits per heavy atom. The Kier molecular flexibility index (Phi) is 4.83. The first-order valence-electron chi connectivity index (χ1n) is 4.92. The van der Waals surface area contributed by atoms with Crippen LogP contribution < -0.4 is 11.2 Å². The summed E-state index contributed by atoms with van der Waals surface area (Å²) >= 11 is 0. The Morgan fingerprint density at radius 3 is 2.82 bits per heavy atom. The van der Waals surface area contributed by atoms with Crippen LogP contribution >= 0.6 is 7.60 Å². The third-order valence-corrected chi connectivity index (χ3v) is 2.21. The number of anilines is 1. The summed E-state index contributed by atoms with van der Waals surface area (Å²) in [7, 11) is -4.23. The SMILES string of the molecule is CCCn1ccc(NOCP(=O)(O)O)nc1=O. The van der Waals surface area contributed by atoms with E-state index in [1.165, 1.54) is 16.8 Å². The predicted octanol–water partition coefficient (Wildman–Crippen LogP) is 0.132. The number of hydrogen-bond acceptors (Lipinski definition) is 5. The maximum absolute atomic E-state index is 11.4. The molecule has 0 atom stereocenters. The smallest absolute Gasteiger partial charge is 0.323 e. The molecule has 8 nitrogen and oxygen atoms in total. The Balaban J connectivity index is 2.59. The quantitative estimate of drug-likeness (QED) is 0.493. The third-order valence-electron chi connectivity index (χ3n) is 1.75. The molecule has 9 heteroatoms. The minimum Gasteiger partial charge on any atom is -0.323 e. The van der Waals surface area contributed by atoms with Crippen LogP contribution in [0, 0.1) is 0 Å². The lowest BCUT2D eigenvalue weighted by molar-refractivity contribution is 0.211. The molecule has 1 aromatic heterocycles. The van der Waals surface area contributed by atoms with Crippen LogP contribution in [0.4, 0.5) is 5.82 Å². The molecule has 96 valence electrons. The number of aryl methyl sites for hydroxylation is 1. The summed E-state index contributed by atoms with van der Waals surface area (Å²) < 4.78 is 11.9. The molecular weight excluding hydrogens is 249 g/mol. The third kappa shape index (κ3) is 5.10. The van der Waals surface area contributed by atoms with Crippen molar-refractivity contribution in [2.24, 2.45) is 0 Å². The average Bonchev–Trinajstić information content (AvgIpc) is 2.20. The fraction of sp³-hybridized carbons (Fsp3) is 0.500. The lowest BCUT2D eigenvalue weighted by atomic mass is 10.4. The Bertz CT molecular complexity index is 468. The van der Waals surface area contributed by atoms with E-state index in [2.05, 4.69) is 15.3 Å². The van der Waals surface area contributed by atoms with Crippen molar-refractivity contribution in [3.8, 4) is 0 Å². The van der Waals surface area contributed by atoms with E-state index in [1.54, 1.807) is 0 Å². The van der Waals surface area contributed by atoms with Crippen LogP contribution in [0.3, 0.4) is 0 Å². The van der Waals surface area contributed by atoms with Gasteiger partial charge in [-0.1, -0.05) is 6.92 Å². The van der Waals surface area contributed by atoms with Crippen LogP contribution in [0.15, 0.2) is 17.1 Å². The van der Waals surface area contributed by atoms with Crippen LogP contribution in [0.25, 0.3) is 0 Å². The van der Waals surface area contributed by atoms with Gasteiger partial charge in [0.25, 0.3) is 0 Å². The standard InChI is InChI=1S/C8H14N3O5P/c1-2-4-11-5-3-7(9-8(11)12)10-16-6-17(13,14)15/h3,5H,2,4,6H2,1H3,(H,9,10,12)(H2,13,14,15). The highest BCUT2D eigenvalue weighted by Gasteiger charge is 2.13. The molecule has 0 saturated heterocycles. The van der Waals surface area contributed by atoms with E-state index in [0.717, 1.165) is 6.42 Å². The summed E-state index contributed by atoms with van der Waals surface area (Å²) in [6.45, 7) is 2.50. The zero-order valence-electron chi connectivity index (χ0n) is 9.24. The maximum Gasteiger partial charge on any atom is 0.353 e. The van der Waals surface area contributed by atoms with E-state index in [-0.39, 0.29) is 5.82 Å². The van der Waals surface area contributed by atoms with Crippen LogP contribution in [-0.2, 0) is 15.9 Å². The molecule has 0 aliphatic heterocycles. The minimum atomic E-state index is -4.23. The Morgan fingerprint density at radius 1 is 1.59 bits per heavy atom. The first-order chi connectivity index (χ1) is 7.92. The Labute approximate surface area is 97.4 Å². The van der Waals surface area contributed by atoms with Crippen molar-refractivity contribution in [3.63, 3.8) is 0 Å². The second kappa shape index (κ2) is 5.92. The van der Waals surface area contributed by atoms with Gasteiger partial charge < -0.3 is 9.79 Å². The fourth-order valence-electron chi connectivity index (χ4n) is 1.09. The first kappa shape index (κ1) is 13.9. The molecule has 0 fully saturated rings. The van der Waals surface area contributed by atoms with E-state index >= 15 is 0 Å². The van der Waals surface area contributed by atoms with E-state index in [4.69, 9.17) is 9.79 Å². The molecule has 0 radical (unpaired) electrons. The van der Waals surface area contributed by atoms with Crippen LogP contribution in [-0.4, -0.2) is 25.7 Å². The average molecular weight is 263 g/mol. The van der Waals surface area contributed by atoms with Crippen molar-refractivity contribution in [2.75, 3.05) is 11.8 Å². The molecule has 17 heavy (non-hydrogen) atoms. The first-order valence-corrected chi connectivity index (χ1v) is 6.72. The molecule has 0 bridgehead atoms. The number of hydrogen-bond donors (Lipinski definition) is 3. The zero-order chi connectivity index (χ0) is 12.9. The van der Waals surface area contributed by atoms with E-state index < -0.39 is 19.6 Å². The molecular formula is C8H14N3O5P. The largest absolute Gasteiger partial charge is 0.353 e. The van der Waals surface area contributed by atoms with Crippen LogP contribution in [0.1, 0.15) is 13.3 Å². The highest BCUT2D eigenvalue weighted by Crippen LogP contribution is 2.33. The Hall–Kier alpha value is -1.21. The van der Waals surface area contributed by atoms with Crippen molar-refractivity contribution >= 4 is 13.4 Å². The van der Waals surface area contributed by atoms with Crippen LogP contribution in [0.5, 0.6) is 0 Å². The second-order valence-corrected chi connectivity index (χ2v) is 4.92. The molecule has 0 spiro atoms. The topological polar surface area (TPSA) is 114 Å². The van der Waals surface area contributed by atoms with Gasteiger partial charge in [0.15, 0.2) is 12.2 Å². The molecule has 1 aromatic rings. The van der Waals surface area contributed by atoms with Crippen molar-refractivity contribution in [1.29, 1.82) is 0 Å².